The molecule has 0 saturated carbocycles. The summed E-state index contributed by atoms with van der Waals surface area (Å²) < 4.78 is 0. The predicted octanol–water partition coefficient (Wildman–Crippen LogP) is 1.65. The van der Waals surface area contributed by atoms with Gasteiger partial charge in [-0.3, -0.25) is 4.98 Å². The van der Waals surface area contributed by atoms with Gasteiger partial charge in [0.05, 0.1) is 11.9 Å². The number of nitrogens with two attached hydrogens (primary N) is 1. The van der Waals surface area contributed by atoms with Gasteiger partial charge in [-0.2, -0.15) is 0 Å². The van der Waals surface area contributed by atoms with Gasteiger partial charge < -0.3 is 16.0 Å². The molecule has 3 N–H and O–H groups in total. The first-order valence-electron chi connectivity index (χ1n) is 6.63. The number of hydrogen-bond acceptors (Lipinski definition) is 5. The highest BCUT2D eigenvalue weighted by Gasteiger charge is 2.27. The van der Waals surface area contributed by atoms with Crippen molar-refractivity contribution in [2.24, 2.45) is 11.7 Å². The molecule has 1 aromatic rings. The minimum absolute atomic E-state index is 0.466. The summed E-state index contributed by atoms with van der Waals surface area (Å²) in [6, 6.07) is 0. The Morgan fingerprint density at radius 3 is 3.00 bits per heavy atom. The van der Waals surface area contributed by atoms with Crippen molar-refractivity contribution >= 4 is 11.6 Å². The summed E-state index contributed by atoms with van der Waals surface area (Å²) in [7, 11) is 0. The Kier molecular flexibility index (Phi) is 2.98. The molecule has 2 aliphatic heterocycles. The number of rotatable bonds is 2. The second kappa shape index (κ2) is 4.66. The van der Waals surface area contributed by atoms with Crippen molar-refractivity contribution in [3.05, 3.63) is 36.4 Å². The van der Waals surface area contributed by atoms with Crippen LogP contribution in [0.25, 0.3) is 0 Å². The van der Waals surface area contributed by atoms with Crippen LogP contribution in [0.5, 0.6) is 0 Å². The zero-order valence-electron chi connectivity index (χ0n) is 11.0. The maximum Gasteiger partial charge on any atom is 0.154 e. The molecule has 5 heteroatoms. The third kappa shape index (κ3) is 2.21. The number of hydrogen-bond donors (Lipinski definition) is 2. The molecule has 3 heterocycles. The molecule has 1 atom stereocenters. The maximum absolute atomic E-state index is 5.74. The Bertz CT molecular complexity index is 537. The van der Waals surface area contributed by atoms with E-state index < -0.39 is 0 Å². The van der Waals surface area contributed by atoms with Gasteiger partial charge in [0.1, 0.15) is 0 Å². The molecule has 2 aliphatic rings. The van der Waals surface area contributed by atoms with Crippen molar-refractivity contribution in [3.63, 3.8) is 0 Å². The van der Waals surface area contributed by atoms with Crippen LogP contribution in [-0.4, -0.2) is 23.1 Å². The van der Waals surface area contributed by atoms with Gasteiger partial charge in [0.15, 0.2) is 11.6 Å². The highest BCUT2D eigenvalue weighted by molar-refractivity contribution is 5.56. The van der Waals surface area contributed by atoms with Gasteiger partial charge in [-0.25, -0.2) is 4.98 Å². The molecule has 0 aromatic carbocycles. The zero-order chi connectivity index (χ0) is 13.4. The number of nitrogens with one attached hydrogen (secondary N) is 1. The molecule has 0 bridgehead atoms. The van der Waals surface area contributed by atoms with Crippen LogP contribution >= 0.6 is 0 Å². The number of fused-ring (bicyclic) bond motifs is 1. The highest BCUT2D eigenvalue weighted by Crippen LogP contribution is 2.31. The van der Waals surface area contributed by atoms with E-state index in [-0.39, 0.29) is 0 Å². The van der Waals surface area contributed by atoms with Crippen LogP contribution in [0.1, 0.15) is 18.5 Å². The summed E-state index contributed by atoms with van der Waals surface area (Å²) in [6.07, 6.45) is 4.60. The lowest BCUT2D eigenvalue weighted by Crippen LogP contribution is -2.23. The molecular formula is C14H19N5. The van der Waals surface area contributed by atoms with Crippen LogP contribution in [0.4, 0.5) is 11.6 Å². The fourth-order valence-corrected chi connectivity index (χ4v) is 2.63. The minimum Gasteiger partial charge on any atom is -0.343 e. The summed E-state index contributed by atoms with van der Waals surface area (Å²) >= 11 is 0. The molecule has 1 saturated heterocycles. The molecule has 19 heavy (non-hydrogen) atoms. The number of allylic oxidation sites excluding steroid dienone is 2. The second-order valence-electron chi connectivity index (χ2n) is 5.23. The molecule has 0 amide bonds. The molecule has 0 aliphatic carbocycles. The van der Waals surface area contributed by atoms with Crippen molar-refractivity contribution in [1.29, 1.82) is 0 Å². The van der Waals surface area contributed by atoms with Gasteiger partial charge in [-0.1, -0.05) is 13.2 Å². The summed E-state index contributed by atoms with van der Waals surface area (Å²) in [4.78, 5) is 11.3. The van der Waals surface area contributed by atoms with Crippen molar-refractivity contribution in [1.82, 2.24) is 9.97 Å². The average Bonchev–Trinajstić information content (AvgIpc) is 2.79. The Balaban J connectivity index is 1.88. The van der Waals surface area contributed by atoms with Crippen LogP contribution in [0.3, 0.4) is 0 Å². The molecule has 1 aromatic heterocycles. The summed E-state index contributed by atoms with van der Waals surface area (Å²) in [5.74, 6) is 2.15. The van der Waals surface area contributed by atoms with Crippen LogP contribution in [0.2, 0.25) is 0 Å². The van der Waals surface area contributed by atoms with E-state index in [4.69, 9.17) is 5.73 Å². The van der Waals surface area contributed by atoms with Gasteiger partial charge in [0, 0.05) is 17.9 Å². The first-order chi connectivity index (χ1) is 9.17. The fraction of sp³-hybridized carbons (Fsp3) is 0.429. The molecule has 100 valence electrons. The largest absolute Gasteiger partial charge is 0.343 e. The normalized spacial score (nSPS) is 22.4. The molecule has 0 unspecified atom stereocenters. The first-order valence-corrected chi connectivity index (χ1v) is 6.63. The maximum atomic E-state index is 5.74. The number of anilines is 2. The third-order valence-corrected chi connectivity index (χ3v) is 3.75. The minimum atomic E-state index is 0.466. The Labute approximate surface area is 113 Å². The SMILES string of the molecule is C=C1CCc2ncc(N3C[C@H](CN)CC3=C)nc2N1. The molecule has 0 spiro atoms. The Morgan fingerprint density at radius 1 is 1.42 bits per heavy atom. The van der Waals surface area contributed by atoms with E-state index in [1.54, 1.807) is 0 Å². The quantitative estimate of drug-likeness (QED) is 0.843. The van der Waals surface area contributed by atoms with Gasteiger partial charge in [0.25, 0.3) is 0 Å². The number of aryl methyl sites for hydroxylation is 1. The number of nitrogens with zero attached hydrogens (tertiary/aromatic N) is 3. The third-order valence-electron chi connectivity index (χ3n) is 3.75. The Morgan fingerprint density at radius 2 is 2.26 bits per heavy atom. The lowest BCUT2D eigenvalue weighted by molar-refractivity contribution is 0.609. The molecular weight excluding hydrogens is 238 g/mol. The molecule has 1 fully saturated rings. The highest BCUT2D eigenvalue weighted by atomic mass is 15.2. The molecule has 0 radical (unpaired) electrons. The summed E-state index contributed by atoms with van der Waals surface area (Å²) in [5, 5.41) is 3.21. The van der Waals surface area contributed by atoms with E-state index in [9.17, 15) is 0 Å². The van der Waals surface area contributed by atoms with Gasteiger partial charge in [-0.05, 0) is 31.7 Å². The monoisotopic (exact) mass is 257 g/mol. The van der Waals surface area contributed by atoms with Crippen LogP contribution in [-0.2, 0) is 6.42 Å². The van der Waals surface area contributed by atoms with Crippen molar-refractivity contribution in [2.45, 2.75) is 19.3 Å². The van der Waals surface area contributed by atoms with Crippen LogP contribution in [0, 0.1) is 5.92 Å². The van der Waals surface area contributed by atoms with E-state index in [2.05, 4.69) is 33.3 Å². The average molecular weight is 257 g/mol. The van der Waals surface area contributed by atoms with Gasteiger partial charge in [-0.15, -0.1) is 0 Å². The van der Waals surface area contributed by atoms with Crippen molar-refractivity contribution in [3.8, 4) is 0 Å². The summed E-state index contributed by atoms with van der Waals surface area (Å²) in [6.45, 7) is 9.62. The van der Waals surface area contributed by atoms with E-state index in [0.29, 0.717) is 12.5 Å². The van der Waals surface area contributed by atoms with Crippen molar-refractivity contribution < 1.29 is 0 Å². The predicted molar refractivity (Wildman–Crippen MR) is 76.8 cm³/mol. The van der Waals surface area contributed by atoms with E-state index in [1.807, 2.05) is 6.20 Å². The molecule has 5 nitrogen and oxygen atoms in total. The second-order valence-corrected chi connectivity index (χ2v) is 5.23. The number of aromatic nitrogens is 2. The molecule has 3 rings (SSSR count). The lowest BCUT2D eigenvalue weighted by atomic mass is 10.1. The van der Waals surface area contributed by atoms with Crippen LogP contribution < -0.4 is 16.0 Å². The summed E-state index contributed by atoms with van der Waals surface area (Å²) in [5.41, 5.74) is 8.82. The lowest BCUT2D eigenvalue weighted by Gasteiger charge is -2.23. The van der Waals surface area contributed by atoms with E-state index in [0.717, 1.165) is 54.5 Å². The van der Waals surface area contributed by atoms with Crippen molar-refractivity contribution in [2.75, 3.05) is 23.3 Å². The van der Waals surface area contributed by atoms with Gasteiger partial charge in [0.2, 0.25) is 0 Å². The van der Waals surface area contributed by atoms with Gasteiger partial charge >= 0.3 is 0 Å². The fourth-order valence-electron chi connectivity index (χ4n) is 2.63. The zero-order valence-corrected chi connectivity index (χ0v) is 11.0. The Hall–Kier alpha value is -1.88. The van der Waals surface area contributed by atoms with Crippen LogP contribution in [0.15, 0.2) is 30.7 Å². The topological polar surface area (TPSA) is 67.1 Å². The van der Waals surface area contributed by atoms with E-state index >= 15 is 0 Å². The van der Waals surface area contributed by atoms with E-state index in [1.165, 1.54) is 0 Å². The smallest absolute Gasteiger partial charge is 0.154 e. The standard InChI is InChI=1S/C14H19N5/c1-9-3-4-12-14(17-9)18-13(7-16-12)19-8-11(6-15)5-10(19)2/h7,11H,1-6,8,15H2,(H,17,18)/t11-/m0/s1. The first kappa shape index (κ1) is 12.2.